The van der Waals surface area contributed by atoms with Crippen LogP contribution in [-0.2, 0) is 0 Å². The topological polar surface area (TPSA) is 40.5 Å². The smallest absolute Gasteiger partial charge is 0.127 e. The number of benzene rings is 3. The number of rotatable bonds is 2. The first kappa shape index (κ1) is 14.5. The van der Waals surface area contributed by atoms with Crippen molar-refractivity contribution in [3.8, 4) is 22.6 Å². The molecule has 3 aromatic rings. The molecule has 0 fully saturated rings. The standard InChI is InChI=1S/C20H20O2/c1-12(2)16-11-14-8-4-5-9-15(14)19(20(16)22)18-13(3)7-6-10-17(18)21/h4-12,21-22H,1-3H3. The van der Waals surface area contributed by atoms with Crippen molar-refractivity contribution >= 4 is 10.8 Å². The summed E-state index contributed by atoms with van der Waals surface area (Å²) in [6.07, 6.45) is 0. The molecule has 0 amide bonds. The molecule has 0 aliphatic rings. The summed E-state index contributed by atoms with van der Waals surface area (Å²) < 4.78 is 0. The maximum atomic E-state index is 10.8. The van der Waals surface area contributed by atoms with Gasteiger partial charge in [0.2, 0.25) is 0 Å². The molecule has 0 aliphatic carbocycles. The third kappa shape index (κ3) is 2.21. The number of phenolic OH excluding ortho intramolecular Hbond substituents is 2. The molecule has 22 heavy (non-hydrogen) atoms. The molecule has 0 aromatic heterocycles. The highest BCUT2D eigenvalue weighted by atomic mass is 16.3. The van der Waals surface area contributed by atoms with Gasteiger partial charge in [-0.3, -0.25) is 0 Å². The summed E-state index contributed by atoms with van der Waals surface area (Å²) in [7, 11) is 0. The van der Waals surface area contributed by atoms with Crippen molar-refractivity contribution in [2.75, 3.05) is 0 Å². The minimum absolute atomic E-state index is 0.196. The molecule has 2 N–H and O–H groups in total. The molecule has 3 aromatic carbocycles. The predicted molar refractivity (Wildman–Crippen MR) is 91.5 cm³/mol. The van der Waals surface area contributed by atoms with Crippen LogP contribution in [0.4, 0.5) is 0 Å². The second-order valence-electron chi connectivity index (χ2n) is 6.03. The van der Waals surface area contributed by atoms with Gasteiger partial charge in [0.25, 0.3) is 0 Å². The molecule has 2 nitrogen and oxygen atoms in total. The average molecular weight is 292 g/mol. The van der Waals surface area contributed by atoms with Crippen molar-refractivity contribution in [3.63, 3.8) is 0 Å². The van der Waals surface area contributed by atoms with E-state index in [0.717, 1.165) is 27.5 Å². The number of aromatic hydroxyl groups is 2. The Kier molecular flexibility index (Phi) is 3.53. The lowest BCUT2D eigenvalue weighted by atomic mass is 9.88. The van der Waals surface area contributed by atoms with Crippen molar-refractivity contribution in [1.29, 1.82) is 0 Å². The molecule has 0 saturated carbocycles. The Morgan fingerprint density at radius 1 is 0.864 bits per heavy atom. The largest absolute Gasteiger partial charge is 0.507 e. The van der Waals surface area contributed by atoms with Gasteiger partial charge in [-0.25, -0.2) is 0 Å². The average Bonchev–Trinajstić information content (AvgIpc) is 2.48. The molecule has 0 spiro atoms. The number of fused-ring (bicyclic) bond motifs is 1. The van der Waals surface area contributed by atoms with E-state index >= 15 is 0 Å². The van der Waals surface area contributed by atoms with Gasteiger partial charge in [-0.15, -0.1) is 0 Å². The fraction of sp³-hybridized carbons (Fsp3) is 0.200. The van der Waals surface area contributed by atoms with Gasteiger partial charge in [0.05, 0.1) is 0 Å². The van der Waals surface area contributed by atoms with Crippen molar-refractivity contribution in [2.24, 2.45) is 0 Å². The van der Waals surface area contributed by atoms with Crippen LogP contribution in [0.1, 0.15) is 30.9 Å². The Labute approximate surface area is 130 Å². The predicted octanol–water partition coefficient (Wildman–Crippen LogP) is 5.35. The first-order valence-electron chi connectivity index (χ1n) is 7.54. The van der Waals surface area contributed by atoms with E-state index in [1.54, 1.807) is 6.07 Å². The molecule has 0 radical (unpaired) electrons. The van der Waals surface area contributed by atoms with Crippen LogP contribution in [0.5, 0.6) is 11.5 Å². The lowest BCUT2D eigenvalue weighted by molar-refractivity contribution is 0.463. The summed E-state index contributed by atoms with van der Waals surface area (Å²) in [6, 6.07) is 15.4. The number of hydrogen-bond donors (Lipinski definition) is 2. The monoisotopic (exact) mass is 292 g/mol. The highest BCUT2D eigenvalue weighted by Gasteiger charge is 2.19. The first-order valence-corrected chi connectivity index (χ1v) is 7.54. The van der Waals surface area contributed by atoms with Gasteiger partial charge in [-0.05, 0) is 46.9 Å². The maximum Gasteiger partial charge on any atom is 0.127 e. The molecule has 0 unspecified atom stereocenters. The Hall–Kier alpha value is -2.48. The van der Waals surface area contributed by atoms with Crippen LogP contribution in [0.15, 0.2) is 48.5 Å². The zero-order valence-electron chi connectivity index (χ0n) is 13.1. The highest BCUT2D eigenvalue weighted by molar-refractivity contribution is 6.02. The van der Waals surface area contributed by atoms with Gasteiger partial charge >= 0.3 is 0 Å². The molecule has 0 aliphatic heterocycles. The SMILES string of the molecule is Cc1cccc(O)c1-c1c(O)c(C(C)C)cc2ccccc12. The van der Waals surface area contributed by atoms with Crippen LogP contribution >= 0.6 is 0 Å². The van der Waals surface area contributed by atoms with Crippen molar-refractivity contribution in [1.82, 2.24) is 0 Å². The quantitative estimate of drug-likeness (QED) is 0.668. The number of aryl methyl sites for hydroxylation is 1. The Balaban J connectivity index is 2.49. The number of phenols is 2. The zero-order valence-corrected chi connectivity index (χ0v) is 13.1. The fourth-order valence-corrected chi connectivity index (χ4v) is 3.03. The van der Waals surface area contributed by atoms with E-state index in [9.17, 15) is 10.2 Å². The van der Waals surface area contributed by atoms with Gasteiger partial charge in [0.1, 0.15) is 11.5 Å². The third-order valence-corrected chi connectivity index (χ3v) is 4.17. The van der Waals surface area contributed by atoms with E-state index in [1.165, 1.54) is 0 Å². The van der Waals surface area contributed by atoms with Crippen molar-refractivity contribution < 1.29 is 10.2 Å². The van der Waals surface area contributed by atoms with Gasteiger partial charge in [0.15, 0.2) is 0 Å². The van der Waals surface area contributed by atoms with Crippen LogP contribution in [0.25, 0.3) is 21.9 Å². The lowest BCUT2D eigenvalue weighted by Gasteiger charge is -2.18. The summed E-state index contributed by atoms with van der Waals surface area (Å²) >= 11 is 0. The summed E-state index contributed by atoms with van der Waals surface area (Å²) in [4.78, 5) is 0. The summed E-state index contributed by atoms with van der Waals surface area (Å²) in [5, 5.41) is 23.2. The Morgan fingerprint density at radius 3 is 2.27 bits per heavy atom. The maximum absolute atomic E-state index is 10.8. The second-order valence-corrected chi connectivity index (χ2v) is 6.03. The first-order chi connectivity index (χ1) is 10.5. The zero-order chi connectivity index (χ0) is 15.9. The second kappa shape index (κ2) is 5.38. The van der Waals surface area contributed by atoms with Crippen molar-refractivity contribution in [3.05, 3.63) is 59.7 Å². The minimum atomic E-state index is 0.196. The summed E-state index contributed by atoms with van der Waals surface area (Å²) in [5.41, 5.74) is 3.27. The van der Waals surface area contributed by atoms with E-state index < -0.39 is 0 Å². The Bertz CT molecular complexity index is 827. The normalized spacial score (nSPS) is 11.3. The van der Waals surface area contributed by atoms with E-state index in [-0.39, 0.29) is 17.4 Å². The molecule has 0 heterocycles. The molecular weight excluding hydrogens is 272 g/mol. The van der Waals surface area contributed by atoms with Crippen LogP contribution in [0.3, 0.4) is 0 Å². The van der Waals surface area contributed by atoms with E-state index in [2.05, 4.69) is 13.8 Å². The fourth-order valence-electron chi connectivity index (χ4n) is 3.03. The van der Waals surface area contributed by atoms with Crippen LogP contribution < -0.4 is 0 Å². The van der Waals surface area contributed by atoms with E-state index in [4.69, 9.17) is 0 Å². The Morgan fingerprint density at radius 2 is 1.59 bits per heavy atom. The molecule has 3 rings (SSSR count). The molecule has 112 valence electrons. The lowest BCUT2D eigenvalue weighted by Crippen LogP contribution is -1.94. The van der Waals surface area contributed by atoms with Gasteiger partial charge in [-0.1, -0.05) is 50.2 Å². The van der Waals surface area contributed by atoms with Crippen LogP contribution in [0.2, 0.25) is 0 Å². The minimum Gasteiger partial charge on any atom is -0.507 e. The number of hydrogen-bond acceptors (Lipinski definition) is 2. The third-order valence-electron chi connectivity index (χ3n) is 4.17. The molecule has 0 atom stereocenters. The molecular formula is C20H20O2. The van der Waals surface area contributed by atoms with E-state index in [0.29, 0.717) is 5.56 Å². The van der Waals surface area contributed by atoms with Gasteiger partial charge in [-0.2, -0.15) is 0 Å². The molecule has 2 heteroatoms. The van der Waals surface area contributed by atoms with Gasteiger partial charge < -0.3 is 10.2 Å². The van der Waals surface area contributed by atoms with Gasteiger partial charge in [0, 0.05) is 11.1 Å². The summed E-state index contributed by atoms with van der Waals surface area (Å²) in [6.45, 7) is 6.07. The van der Waals surface area contributed by atoms with E-state index in [1.807, 2.05) is 49.4 Å². The van der Waals surface area contributed by atoms with Crippen LogP contribution in [-0.4, -0.2) is 10.2 Å². The highest BCUT2D eigenvalue weighted by Crippen LogP contribution is 2.45. The van der Waals surface area contributed by atoms with Crippen LogP contribution in [0, 0.1) is 6.92 Å². The summed E-state index contributed by atoms with van der Waals surface area (Å²) in [5.74, 6) is 0.661. The molecule has 0 bridgehead atoms. The van der Waals surface area contributed by atoms with Crippen molar-refractivity contribution in [2.45, 2.75) is 26.7 Å². The molecule has 0 saturated heterocycles.